The molecule has 0 radical (unpaired) electrons. The molecule has 0 aromatic carbocycles. The Morgan fingerprint density at radius 1 is 0.773 bits per heavy atom. The summed E-state index contributed by atoms with van der Waals surface area (Å²) < 4.78 is 17.4. The van der Waals surface area contributed by atoms with Gasteiger partial charge in [-0.2, -0.15) is 7.82 Å². The first-order valence-electron chi connectivity index (χ1n) is 6.36. The molecule has 0 aliphatic rings. The monoisotopic (exact) mass is 373 g/mol. The van der Waals surface area contributed by atoms with Crippen molar-refractivity contribution >= 4 is 15.6 Å². The Hall–Kier alpha value is 0.1000. The molecule has 0 atom stereocenters. The van der Waals surface area contributed by atoms with Crippen LogP contribution in [0.5, 0.6) is 0 Å². The maximum Gasteiger partial charge on any atom is 1.00 e. The van der Waals surface area contributed by atoms with E-state index in [2.05, 4.69) is 20.8 Å². The first-order valence-corrected chi connectivity index (χ1v) is 9.38. The second-order valence-electron chi connectivity index (χ2n) is 3.33. The molecule has 0 aliphatic heterocycles. The van der Waals surface area contributed by atoms with Crippen LogP contribution < -0.4 is 31.9 Å². The molecule has 0 bridgehead atoms. The summed E-state index contributed by atoms with van der Waals surface area (Å²) in [6.45, 7) is 8.62. The largest absolute Gasteiger partial charge is 1.00 e. The standard InChI is InChI=1S/3C3H9N.2H3O4P/c3*1-2-3-4;2*1-5(2,3)4/h3*2-4H2,1H3;2*(H3,1,2,3,4). The van der Waals surface area contributed by atoms with Crippen LogP contribution in [0.25, 0.3) is 0 Å². The van der Waals surface area contributed by atoms with Gasteiger partial charge in [0.25, 0.3) is 0 Å². The third-order valence-corrected chi connectivity index (χ3v) is 0.866. The molecule has 13 heteroatoms. The maximum absolute atomic E-state index is 8.88. The molecule has 0 rings (SSSR count). The molecule has 0 saturated carbocycles. The van der Waals surface area contributed by atoms with Crippen molar-refractivity contribution in [3.63, 3.8) is 0 Å². The van der Waals surface area contributed by atoms with Crippen LogP contribution in [0.3, 0.4) is 0 Å². The minimum Gasteiger partial charge on any atom is -0.822 e. The van der Waals surface area contributed by atoms with Gasteiger partial charge in [0, 0.05) is 0 Å². The van der Waals surface area contributed by atoms with Crippen molar-refractivity contribution in [2.24, 2.45) is 17.2 Å². The molecule has 0 saturated heterocycles. The summed E-state index contributed by atoms with van der Waals surface area (Å²) in [5.74, 6) is 0. The molecular weight excluding hydrogens is 340 g/mol. The van der Waals surface area contributed by atoms with Gasteiger partial charge in [-0.15, -0.1) is 0 Å². The first kappa shape index (κ1) is 33.6. The zero-order valence-electron chi connectivity index (χ0n) is 16.3. The molecule has 0 unspecified atom stereocenters. The van der Waals surface area contributed by atoms with Crippen LogP contribution in [0.4, 0.5) is 0 Å². The minimum atomic E-state index is -5.39. The number of phosphoric acid groups is 2. The third kappa shape index (κ3) is 763. The number of hydrogen-bond donors (Lipinski definition) is 6. The van der Waals surface area contributed by atoms with Gasteiger partial charge < -0.3 is 51.1 Å². The molecule has 22 heavy (non-hydrogen) atoms. The Balaban J connectivity index is -0.0000000235. The van der Waals surface area contributed by atoms with Gasteiger partial charge in [0.1, 0.15) is 0 Å². The fourth-order valence-electron chi connectivity index (χ4n) is 0. The summed E-state index contributed by atoms with van der Waals surface area (Å²) in [6.07, 6.45) is 3.29. The molecule has 0 aliphatic carbocycles. The minimum absolute atomic E-state index is 0. The van der Waals surface area contributed by atoms with E-state index in [1.54, 1.807) is 0 Å². The smallest absolute Gasteiger partial charge is 0.822 e. The molecule has 142 valence electrons. The van der Waals surface area contributed by atoms with E-state index < -0.39 is 15.6 Å². The zero-order valence-corrected chi connectivity index (χ0v) is 15.0. The Morgan fingerprint density at radius 3 is 0.818 bits per heavy atom. The number of nitrogens with two attached hydrogens (primary N) is 3. The van der Waals surface area contributed by atoms with Crippen molar-refractivity contribution in [1.82, 2.24) is 0 Å². The molecular formula is C9H33N3O8P2. The third-order valence-electron chi connectivity index (χ3n) is 0.866. The molecule has 0 amide bonds. The summed E-state index contributed by atoms with van der Waals surface area (Å²) in [5.41, 5.74) is 15.1. The van der Waals surface area contributed by atoms with Gasteiger partial charge in [-0.3, -0.25) is 0 Å². The fourth-order valence-corrected chi connectivity index (χ4v) is 0. The topological polar surface area (TPSA) is 242 Å². The highest BCUT2D eigenvalue weighted by Crippen LogP contribution is 2.25. The Morgan fingerprint density at radius 2 is 0.818 bits per heavy atom. The summed E-state index contributed by atoms with van der Waals surface area (Å²) in [7, 11) is -10.0. The van der Waals surface area contributed by atoms with Crippen molar-refractivity contribution < 1.29 is 42.8 Å². The van der Waals surface area contributed by atoms with Gasteiger partial charge in [-0.1, -0.05) is 20.8 Å². The molecule has 0 aromatic rings. The summed E-state index contributed by atoms with van der Waals surface area (Å²) in [4.78, 5) is 47.2. The van der Waals surface area contributed by atoms with E-state index in [-0.39, 0.29) is 4.28 Å². The first-order chi connectivity index (χ1) is 9.74. The molecule has 0 aromatic heterocycles. The molecule has 0 heterocycles. The highest BCUT2D eigenvalue weighted by molar-refractivity contribution is 7.45. The van der Waals surface area contributed by atoms with E-state index >= 15 is 0 Å². The van der Waals surface area contributed by atoms with Crippen molar-refractivity contribution in [3.05, 3.63) is 0 Å². The van der Waals surface area contributed by atoms with Crippen LogP contribution in [0.2, 0.25) is 0 Å². The highest BCUT2D eigenvalue weighted by atomic mass is 31.2. The van der Waals surface area contributed by atoms with Gasteiger partial charge in [-0.25, -0.2) is 4.57 Å². The van der Waals surface area contributed by atoms with Gasteiger partial charge >= 0.3 is 12.1 Å². The van der Waals surface area contributed by atoms with Gasteiger partial charge in [-0.05, 0) is 38.9 Å². The molecule has 9 N–H and O–H groups in total. The average molecular weight is 373 g/mol. The lowest BCUT2D eigenvalue weighted by atomic mass is 10.5. The normalized spacial score (nSPS) is 9.45. The molecule has 0 spiro atoms. The highest BCUT2D eigenvalue weighted by Gasteiger charge is 2.00. The van der Waals surface area contributed by atoms with Crippen molar-refractivity contribution in [1.29, 1.82) is 0 Å². The van der Waals surface area contributed by atoms with E-state index in [9.17, 15) is 0 Å². The van der Waals surface area contributed by atoms with Crippen LogP contribution in [-0.4, -0.2) is 34.3 Å². The second-order valence-corrected chi connectivity index (χ2v) is 5.25. The van der Waals surface area contributed by atoms with Gasteiger partial charge in [0.15, 0.2) is 0 Å². The lowest BCUT2D eigenvalue weighted by Gasteiger charge is -2.36. The van der Waals surface area contributed by atoms with Gasteiger partial charge in [0.2, 0.25) is 0 Å². The van der Waals surface area contributed by atoms with Crippen molar-refractivity contribution in [2.45, 2.75) is 40.0 Å². The lowest BCUT2D eigenvalue weighted by Crippen LogP contribution is -2.24. The Labute approximate surface area is 136 Å². The molecule has 0 fully saturated rings. The predicted octanol–water partition coefficient (Wildman–Crippen LogP) is -2.35. The molecule has 11 nitrogen and oxygen atoms in total. The van der Waals surface area contributed by atoms with Crippen LogP contribution >= 0.6 is 15.6 Å². The van der Waals surface area contributed by atoms with E-state index in [0.29, 0.717) is 0 Å². The van der Waals surface area contributed by atoms with E-state index in [1.807, 2.05) is 0 Å². The average Bonchev–Trinajstić information content (AvgIpc) is 2.35. The maximum atomic E-state index is 8.88. The lowest BCUT2D eigenvalue weighted by molar-refractivity contribution is -0.432. The predicted molar refractivity (Wildman–Crippen MR) is 83.2 cm³/mol. The van der Waals surface area contributed by atoms with Crippen LogP contribution in [0.15, 0.2) is 0 Å². The fraction of sp³-hybridized carbons (Fsp3) is 1.00. The summed E-state index contributed by atoms with van der Waals surface area (Å²) >= 11 is 0. The Bertz CT molecular complexity index is 220. The van der Waals surface area contributed by atoms with E-state index in [1.165, 1.54) is 0 Å². The second kappa shape index (κ2) is 26.0. The van der Waals surface area contributed by atoms with E-state index in [0.717, 1.165) is 38.9 Å². The Kier molecular flexibility index (Phi) is 39.8. The van der Waals surface area contributed by atoms with Crippen molar-refractivity contribution in [2.75, 3.05) is 19.6 Å². The SMILES string of the molecule is CCCN.CCCN.CCCN.O=P(O)(O)O.O=P([O-])([O-])[O-].[H+].[H+].[H+]. The van der Waals surface area contributed by atoms with Crippen LogP contribution in [-0.2, 0) is 9.13 Å². The summed E-state index contributed by atoms with van der Waals surface area (Å²) in [6, 6.07) is 0. The van der Waals surface area contributed by atoms with Crippen molar-refractivity contribution in [3.8, 4) is 0 Å². The number of hydrogen-bond acceptors (Lipinski definition) is 8. The quantitative estimate of drug-likeness (QED) is 0.286. The number of rotatable bonds is 3. The van der Waals surface area contributed by atoms with Crippen LogP contribution in [0, 0.1) is 0 Å². The van der Waals surface area contributed by atoms with Gasteiger partial charge in [0.05, 0.1) is 0 Å². The summed E-state index contributed by atoms with van der Waals surface area (Å²) in [5, 5.41) is 0. The zero-order chi connectivity index (χ0) is 19.2. The van der Waals surface area contributed by atoms with Crippen LogP contribution in [0.1, 0.15) is 44.3 Å². The van der Waals surface area contributed by atoms with E-state index in [4.69, 9.17) is 55.7 Å².